The number of rotatable bonds is 5. The van der Waals surface area contributed by atoms with E-state index in [-0.39, 0.29) is 24.5 Å². The highest BCUT2D eigenvalue weighted by Crippen LogP contribution is 2.33. The number of carbonyl (C=O) groups excluding carboxylic acids is 1. The molecule has 0 spiro atoms. The lowest BCUT2D eigenvalue weighted by Crippen LogP contribution is -2.40. The fourth-order valence-electron chi connectivity index (χ4n) is 4.31. The summed E-state index contributed by atoms with van der Waals surface area (Å²) in [6.07, 6.45) is 1.64. The summed E-state index contributed by atoms with van der Waals surface area (Å²) in [6, 6.07) is 12.9. The van der Waals surface area contributed by atoms with Gasteiger partial charge in [0.1, 0.15) is 30.1 Å². The van der Waals surface area contributed by atoms with Crippen LogP contribution in [-0.4, -0.2) is 45.2 Å². The zero-order valence-corrected chi connectivity index (χ0v) is 24.4. The van der Waals surface area contributed by atoms with Crippen molar-refractivity contribution in [3.05, 3.63) is 76.1 Å². The molecule has 8 nitrogen and oxygen atoms in total. The summed E-state index contributed by atoms with van der Waals surface area (Å²) >= 11 is 7.91. The van der Waals surface area contributed by atoms with E-state index in [0.717, 1.165) is 15.1 Å². The Bertz CT molecular complexity index is 1640. The number of aromatic nitrogens is 2. The molecular weight excluding hydrogens is 565 g/mol. The van der Waals surface area contributed by atoms with Crippen molar-refractivity contribution < 1.29 is 18.7 Å². The fraction of sp³-hybridized carbons (Fsp3) is 0.300. The summed E-state index contributed by atoms with van der Waals surface area (Å²) in [5.41, 5.74) is 7.69. The first-order valence-electron chi connectivity index (χ1n) is 13.0. The van der Waals surface area contributed by atoms with E-state index in [1.54, 1.807) is 29.2 Å². The number of nitrogens with two attached hydrogens (primary N) is 1. The molecule has 0 unspecified atom stereocenters. The molecule has 0 aliphatic carbocycles. The Balaban J connectivity index is 1.30. The van der Waals surface area contributed by atoms with Gasteiger partial charge in [0.2, 0.25) is 0 Å². The van der Waals surface area contributed by atoms with Crippen LogP contribution in [0.1, 0.15) is 37.6 Å². The second kappa shape index (κ2) is 11.9. The molecule has 3 heterocycles. The van der Waals surface area contributed by atoms with E-state index in [0.29, 0.717) is 40.8 Å². The summed E-state index contributed by atoms with van der Waals surface area (Å²) < 4.78 is 25.6. The summed E-state index contributed by atoms with van der Waals surface area (Å²) in [6.45, 7) is 6.08. The third kappa shape index (κ3) is 7.24. The number of hydrogen-bond donors (Lipinski definition) is 2. The normalized spacial score (nSPS) is 16.8. The van der Waals surface area contributed by atoms with Gasteiger partial charge in [-0.2, -0.15) is 0 Å². The largest absolute Gasteiger partial charge is 0.487 e. The highest BCUT2D eigenvalue weighted by atomic mass is 35.5. The van der Waals surface area contributed by atoms with Gasteiger partial charge in [0, 0.05) is 18.3 Å². The maximum atomic E-state index is 13.4. The van der Waals surface area contributed by atoms with Crippen molar-refractivity contribution in [3.8, 4) is 17.6 Å². The van der Waals surface area contributed by atoms with Crippen molar-refractivity contribution in [1.82, 2.24) is 14.9 Å². The molecule has 1 amide bonds. The second-order valence-electron chi connectivity index (χ2n) is 10.6. The molecule has 2 atom stereocenters. The molecule has 0 bridgehead atoms. The minimum absolute atomic E-state index is 0.157. The molecule has 11 heteroatoms. The van der Waals surface area contributed by atoms with Crippen LogP contribution in [0.25, 0.3) is 10.2 Å². The van der Waals surface area contributed by atoms with Gasteiger partial charge in [-0.3, -0.25) is 4.90 Å². The number of nitrogens with one attached hydrogen (secondary N) is 1. The van der Waals surface area contributed by atoms with Crippen LogP contribution in [-0.2, 0) is 11.3 Å². The average Bonchev–Trinajstić information content (AvgIpc) is 3.49. The number of hydrogen-bond acceptors (Lipinski definition) is 8. The average molecular weight is 594 g/mol. The van der Waals surface area contributed by atoms with Gasteiger partial charge < -0.3 is 20.5 Å². The minimum atomic E-state index is -0.601. The maximum Gasteiger partial charge on any atom is 0.411 e. The molecular formula is C30H29ClFN5O3S. The van der Waals surface area contributed by atoms with Crippen molar-refractivity contribution in [2.75, 3.05) is 11.9 Å². The third-order valence-corrected chi connectivity index (χ3v) is 7.45. The summed E-state index contributed by atoms with van der Waals surface area (Å²) in [7, 11) is 0. The maximum absolute atomic E-state index is 13.4. The zero-order chi connectivity index (χ0) is 29.1. The number of benzene rings is 2. The van der Waals surface area contributed by atoms with E-state index in [9.17, 15) is 9.18 Å². The Labute approximate surface area is 246 Å². The van der Waals surface area contributed by atoms with Gasteiger partial charge in [-0.1, -0.05) is 35.6 Å². The summed E-state index contributed by atoms with van der Waals surface area (Å²) in [4.78, 5) is 23.8. The smallest absolute Gasteiger partial charge is 0.411 e. The molecule has 1 aliphatic rings. The van der Waals surface area contributed by atoms with Gasteiger partial charge in [0.25, 0.3) is 0 Å². The van der Waals surface area contributed by atoms with Gasteiger partial charge in [0.05, 0.1) is 26.2 Å². The third-order valence-electron chi connectivity index (χ3n) is 6.11. The highest BCUT2D eigenvalue weighted by molar-refractivity contribution is 7.20. The molecule has 2 aromatic carbocycles. The van der Waals surface area contributed by atoms with Crippen LogP contribution in [0.2, 0.25) is 5.02 Å². The molecule has 1 saturated heterocycles. The number of fused-ring (bicyclic) bond motifs is 1. The van der Waals surface area contributed by atoms with Gasteiger partial charge in [-0.15, -0.1) is 11.3 Å². The molecule has 1 aliphatic heterocycles. The summed E-state index contributed by atoms with van der Waals surface area (Å²) in [5, 5.41) is 3.69. The van der Waals surface area contributed by atoms with Crippen LogP contribution >= 0.6 is 22.9 Å². The van der Waals surface area contributed by atoms with Crippen molar-refractivity contribution >= 4 is 50.8 Å². The number of likely N-dealkylation sites (tertiary alicyclic amines) is 1. The topological polar surface area (TPSA) is 103 Å². The second-order valence-corrected chi connectivity index (χ2v) is 12.1. The van der Waals surface area contributed by atoms with Crippen LogP contribution in [0, 0.1) is 17.7 Å². The first-order chi connectivity index (χ1) is 19.5. The first-order valence-corrected chi connectivity index (χ1v) is 14.2. The number of carbonyl (C=O) groups is 1. The van der Waals surface area contributed by atoms with Crippen molar-refractivity contribution in [3.63, 3.8) is 0 Å². The van der Waals surface area contributed by atoms with E-state index < -0.39 is 11.7 Å². The zero-order valence-electron chi connectivity index (χ0n) is 22.8. The predicted octanol–water partition coefficient (Wildman–Crippen LogP) is 6.49. The molecule has 0 radical (unpaired) electrons. The molecule has 0 saturated carbocycles. The minimum Gasteiger partial charge on any atom is -0.487 e. The Morgan fingerprint density at radius 1 is 1.24 bits per heavy atom. The lowest BCUT2D eigenvalue weighted by molar-refractivity contribution is 0.0259. The van der Waals surface area contributed by atoms with Crippen LogP contribution in [0.4, 0.5) is 20.7 Å². The van der Waals surface area contributed by atoms with Gasteiger partial charge in [-0.25, -0.2) is 19.2 Å². The van der Waals surface area contributed by atoms with Crippen molar-refractivity contribution in [2.45, 2.75) is 51.5 Å². The monoisotopic (exact) mass is 593 g/mol. The highest BCUT2D eigenvalue weighted by Gasteiger charge is 2.35. The lowest BCUT2D eigenvalue weighted by atomic mass is 10.2. The number of thiophene rings is 1. The lowest BCUT2D eigenvalue weighted by Gasteiger charge is -2.26. The van der Waals surface area contributed by atoms with E-state index in [2.05, 4.69) is 27.1 Å². The molecule has 3 N–H and O–H groups in total. The standard InChI is InChI=1S/C30H29ClFN5O3S/c1-30(2,3)40-29(38)37-15-20(33)12-22(37)8-9-23-14-25-27(41-23)28(35-17-34-25)36-21-7-10-26(24(31)13-21)39-16-18-5-4-6-19(32)11-18/h4-7,10-11,13-14,17,20,22H,12,15-16,33H2,1-3H3,(H,34,35,36)/t20-,22-/m0/s1. The number of amides is 1. The van der Waals surface area contributed by atoms with Crippen LogP contribution in [0.15, 0.2) is 54.9 Å². The molecule has 1 fully saturated rings. The Morgan fingerprint density at radius 3 is 2.83 bits per heavy atom. The molecule has 5 rings (SSSR count). The SMILES string of the molecule is CC(C)(C)OC(=O)N1C[C@@H](N)C[C@@H]1C#Cc1cc2ncnc(Nc3ccc(OCc4cccc(F)c4)c(Cl)c3)c2s1. The fourth-order valence-corrected chi connectivity index (χ4v) is 5.46. The van der Waals surface area contributed by atoms with E-state index in [4.69, 9.17) is 26.8 Å². The van der Waals surface area contributed by atoms with E-state index in [1.807, 2.05) is 32.9 Å². The van der Waals surface area contributed by atoms with Crippen molar-refractivity contribution in [1.29, 1.82) is 0 Å². The first kappa shape index (κ1) is 28.6. The Morgan fingerprint density at radius 2 is 2.07 bits per heavy atom. The van der Waals surface area contributed by atoms with Gasteiger partial charge in [0.15, 0.2) is 5.82 Å². The molecule has 2 aromatic heterocycles. The Kier molecular flexibility index (Phi) is 8.31. The van der Waals surface area contributed by atoms with Crippen LogP contribution in [0.3, 0.4) is 0 Å². The summed E-state index contributed by atoms with van der Waals surface area (Å²) in [5.74, 6) is 7.16. The van der Waals surface area contributed by atoms with E-state index in [1.165, 1.54) is 29.8 Å². The van der Waals surface area contributed by atoms with Gasteiger partial charge in [-0.05, 0) is 69.2 Å². The van der Waals surface area contributed by atoms with E-state index >= 15 is 0 Å². The Hall–Kier alpha value is -3.91. The van der Waals surface area contributed by atoms with Crippen LogP contribution in [0.5, 0.6) is 5.75 Å². The van der Waals surface area contributed by atoms with Gasteiger partial charge >= 0.3 is 6.09 Å². The van der Waals surface area contributed by atoms with Crippen molar-refractivity contribution in [2.24, 2.45) is 5.73 Å². The molecule has 212 valence electrons. The molecule has 41 heavy (non-hydrogen) atoms. The number of anilines is 2. The number of nitrogens with zero attached hydrogens (tertiary/aromatic N) is 3. The van der Waals surface area contributed by atoms with Crippen LogP contribution < -0.4 is 15.8 Å². The quantitative estimate of drug-likeness (QED) is 0.255. The predicted molar refractivity (Wildman–Crippen MR) is 159 cm³/mol. The number of halogens is 2. The molecule has 4 aromatic rings. The number of ether oxygens (including phenoxy) is 2.